The average Bonchev–Trinajstić information content (AvgIpc) is 3.65. The molecule has 1 saturated heterocycles. The zero-order chi connectivity index (χ0) is 23.4. The van der Waals surface area contributed by atoms with Gasteiger partial charge >= 0.3 is 6.03 Å². The van der Waals surface area contributed by atoms with Crippen molar-refractivity contribution in [1.29, 1.82) is 0 Å². The number of aryl methyl sites for hydroxylation is 1. The first kappa shape index (κ1) is 23.3. The Kier molecular flexibility index (Phi) is 6.99. The first-order valence-corrected chi connectivity index (χ1v) is 12.8. The first-order valence-electron chi connectivity index (χ1n) is 11.3. The maximum absolute atomic E-state index is 13.0. The average molecular weight is 471 g/mol. The minimum atomic E-state index is -3.58. The van der Waals surface area contributed by atoms with Crippen LogP contribution in [0.4, 0.5) is 10.5 Å². The Morgan fingerprint density at radius 3 is 2.48 bits per heavy atom. The molecule has 9 heteroatoms. The first-order chi connectivity index (χ1) is 15.8. The molecule has 33 heavy (non-hydrogen) atoms. The van der Waals surface area contributed by atoms with Crippen LogP contribution in [-0.4, -0.2) is 55.7 Å². The fourth-order valence-corrected chi connectivity index (χ4v) is 5.30. The summed E-state index contributed by atoms with van der Waals surface area (Å²) in [4.78, 5) is 26.6. The van der Waals surface area contributed by atoms with Crippen LogP contribution in [-0.2, 0) is 21.4 Å². The summed E-state index contributed by atoms with van der Waals surface area (Å²) in [6, 6.07) is 14.0. The number of hydrogen-bond donors (Lipinski definition) is 2. The maximum atomic E-state index is 13.0. The fourth-order valence-electron chi connectivity index (χ4n) is 3.83. The van der Waals surface area contributed by atoms with Gasteiger partial charge in [-0.2, -0.15) is 4.31 Å². The number of urea groups is 1. The normalized spacial score (nSPS) is 17.3. The van der Waals surface area contributed by atoms with Crippen molar-refractivity contribution in [2.45, 2.75) is 37.6 Å². The number of carbonyl (C=O) groups is 2. The Labute approximate surface area is 195 Å². The van der Waals surface area contributed by atoms with E-state index >= 15 is 0 Å². The molecule has 0 atom stereocenters. The second-order valence-electron chi connectivity index (χ2n) is 8.68. The summed E-state index contributed by atoms with van der Waals surface area (Å²) in [5.41, 5.74) is 2.62. The molecule has 8 nitrogen and oxygen atoms in total. The summed E-state index contributed by atoms with van der Waals surface area (Å²) in [5, 5.41) is 5.82. The second-order valence-corrected chi connectivity index (χ2v) is 10.6. The quantitative estimate of drug-likeness (QED) is 0.678. The van der Waals surface area contributed by atoms with Gasteiger partial charge < -0.3 is 15.5 Å². The Bertz CT molecular complexity index is 1110. The Balaban J connectivity index is 1.31. The molecule has 2 fully saturated rings. The van der Waals surface area contributed by atoms with Gasteiger partial charge in [0.05, 0.1) is 4.90 Å². The lowest BCUT2D eigenvalue weighted by atomic mass is 10.2. The highest BCUT2D eigenvalue weighted by Gasteiger charge is 2.30. The summed E-state index contributed by atoms with van der Waals surface area (Å²) in [6.45, 7) is 3.69. The van der Waals surface area contributed by atoms with Gasteiger partial charge in [0, 0.05) is 44.3 Å². The molecule has 2 N–H and O–H groups in total. The monoisotopic (exact) mass is 470 g/mol. The zero-order valence-electron chi connectivity index (χ0n) is 18.8. The molecule has 1 aliphatic heterocycles. The van der Waals surface area contributed by atoms with Gasteiger partial charge in [-0.3, -0.25) is 4.79 Å². The van der Waals surface area contributed by atoms with Crippen molar-refractivity contribution >= 4 is 27.6 Å². The van der Waals surface area contributed by atoms with E-state index in [1.807, 2.05) is 31.2 Å². The van der Waals surface area contributed by atoms with E-state index in [0.717, 1.165) is 29.7 Å². The van der Waals surface area contributed by atoms with Crippen LogP contribution in [0.5, 0.6) is 0 Å². The van der Waals surface area contributed by atoms with Gasteiger partial charge in [-0.25, -0.2) is 13.2 Å². The lowest BCUT2D eigenvalue weighted by Gasteiger charge is -2.22. The molecule has 2 aromatic rings. The number of nitrogens with zero attached hydrogens (tertiary/aromatic N) is 2. The summed E-state index contributed by atoms with van der Waals surface area (Å²) in [7, 11) is -3.58. The molecule has 0 aromatic heterocycles. The van der Waals surface area contributed by atoms with Crippen molar-refractivity contribution < 1.29 is 18.0 Å². The molecule has 0 bridgehead atoms. The number of nitrogens with one attached hydrogen (secondary N) is 2. The molecule has 0 unspecified atom stereocenters. The van der Waals surface area contributed by atoms with Gasteiger partial charge in [-0.05, 0) is 56.0 Å². The number of anilines is 1. The minimum Gasteiger partial charge on any atom is -0.334 e. The number of sulfonamides is 1. The predicted molar refractivity (Wildman–Crippen MR) is 126 cm³/mol. The van der Waals surface area contributed by atoms with Crippen molar-refractivity contribution in [3.63, 3.8) is 0 Å². The van der Waals surface area contributed by atoms with E-state index in [0.29, 0.717) is 32.6 Å². The molecule has 1 heterocycles. The number of carbonyl (C=O) groups excluding carboxylic acids is 2. The van der Waals surface area contributed by atoms with Gasteiger partial charge in [-0.15, -0.1) is 0 Å². The molecular formula is C24H30N4O4S. The van der Waals surface area contributed by atoms with E-state index < -0.39 is 10.0 Å². The molecule has 176 valence electrons. The van der Waals surface area contributed by atoms with Gasteiger partial charge in [0.25, 0.3) is 0 Å². The van der Waals surface area contributed by atoms with E-state index in [1.165, 1.54) is 4.31 Å². The third kappa shape index (κ3) is 5.91. The van der Waals surface area contributed by atoms with Crippen LogP contribution in [0.2, 0.25) is 0 Å². The Morgan fingerprint density at radius 2 is 1.76 bits per heavy atom. The molecule has 0 spiro atoms. The topological polar surface area (TPSA) is 98.8 Å². The lowest BCUT2D eigenvalue weighted by molar-refractivity contribution is -0.117. The summed E-state index contributed by atoms with van der Waals surface area (Å²) >= 11 is 0. The fraction of sp³-hybridized carbons (Fsp3) is 0.417. The molecule has 2 aromatic carbocycles. The predicted octanol–water partition coefficient (Wildman–Crippen LogP) is 2.95. The largest absolute Gasteiger partial charge is 0.334 e. The van der Waals surface area contributed by atoms with Crippen molar-refractivity contribution in [2.75, 3.05) is 31.5 Å². The van der Waals surface area contributed by atoms with Crippen LogP contribution in [0.25, 0.3) is 0 Å². The number of rotatable bonds is 6. The van der Waals surface area contributed by atoms with Crippen molar-refractivity contribution in [2.24, 2.45) is 5.92 Å². The van der Waals surface area contributed by atoms with Gasteiger partial charge in [-0.1, -0.05) is 29.8 Å². The van der Waals surface area contributed by atoms with Crippen molar-refractivity contribution in [3.05, 3.63) is 59.7 Å². The van der Waals surface area contributed by atoms with Crippen molar-refractivity contribution in [1.82, 2.24) is 14.5 Å². The van der Waals surface area contributed by atoms with Crippen LogP contribution in [0, 0.1) is 12.8 Å². The van der Waals surface area contributed by atoms with E-state index in [4.69, 9.17) is 0 Å². The van der Waals surface area contributed by atoms with Crippen LogP contribution >= 0.6 is 0 Å². The second kappa shape index (κ2) is 9.93. The highest BCUT2D eigenvalue weighted by molar-refractivity contribution is 7.89. The van der Waals surface area contributed by atoms with Gasteiger partial charge in [0.1, 0.15) is 0 Å². The third-order valence-corrected chi connectivity index (χ3v) is 7.90. The summed E-state index contributed by atoms with van der Waals surface area (Å²) in [6.07, 6.45) is 2.46. The van der Waals surface area contributed by atoms with Gasteiger partial charge in [0.2, 0.25) is 15.9 Å². The van der Waals surface area contributed by atoms with Crippen LogP contribution < -0.4 is 10.6 Å². The molecule has 3 amide bonds. The highest BCUT2D eigenvalue weighted by Crippen LogP contribution is 2.30. The zero-order valence-corrected chi connectivity index (χ0v) is 19.6. The Morgan fingerprint density at radius 1 is 1.00 bits per heavy atom. The third-order valence-electron chi connectivity index (χ3n) is 5.99. The maximum Gasteiger partial charge on any atom is 0.317 e. The smallest absolute Gasteiger partial charge is 0.317 e. The van der Waals surface area contributed by atoms with Crippen LogP contribution in [0.15, 0.2) is 53.4 Å². The van der Waals surface area contributed by atoms with Crippen LogP contribution in [0.3, 0.4) is 0 Å². The summed E-state index contributed by atoms with van der Waals surface area (Å²) in [5.74, 6) is 0.177. The highest BCUT2D eigenvalue weighted by atomic mass is 32.2. The number of amides is 3. The Hall–Kier alpha value is -2.91. The lowest BCUT2D eigenvalue weighted by Crippen LogP contribution is -2.42. The minimum absolute atomic E-state index is 0.0471. The van der Waals surface area contributed by atoms with E-state index in [1.54, 1.807) is 29.2 Å². The van der Waals surface area contributed by atoms with Crippen LogP contribution in [0.1, 0.15) is 30.4 Å². The molecule has 2 aliphatic rings. The molecule has 1 aliphatic carbocycles. The van der Waals surface area contributed by atoms with Gasteiger partial charge in [0.15, 0.2) is 0 Å². The SMILES string of the molecule is Cc1ccc(S(=O)(=O)N2CCCN(C(=O)NCc3cccc(NC(=O)C4CC4)c3)CC2)cc1. The molecule has 1 saturated carbocycles. The number of hydrogen-bond acceptors (Lipinski definition) is 4. The molecular weight excluding hydrogens is 440 g/mol. The molecule has 4 rings (SSSR count). The standard InChI is InChI=1S/C24H30N4O4S/c1-18-6-10-22(11-7-18)33(31,32)28-13-3-12-27(14-15-28)24(30)25-17-19-4-2-5-21(16-19)26-23(29)20-8-9-20/h2,4-7,10-11,16,20H,3,8-9,12-15,17H2,1H3,(H,25,30)(H,26,29). The van der Waals surface area contributed by atoms with E-state index in [-0.39, 0.29) is 29.3 Å². The van der Waals surface area contributed by atoms with Crippen molar-refractivity contribution in [3.8, 4) is 0 Å². The molecule has 0 radical (unpaired) electrons. The summed E-state index contributed by atoms with van der Waals surface area (Å²) < 4.78 is 27.4. The van der Waals surface area contributed by atoms with E-state index in [9.17, 15) is 18.0 Å². The number of benzene rings is 2. The van der Waals surface area contributed by atoms with E-state index in [2.05, 4.69) is 10.6 Å².